The fourth-order valence-corrected chi connectivity index (χ4v) is 20.8. The molecule has 10 heteroatoms. The Balaban J connectivity index is 1.16. The van der Waals surface area contributed by atoms with Gasteiger partial charge in [-0.25, -0.2) is 4.85 Å². The molecule has 0 fully saturated rings. The summed E-state index contributed by atoms with van der Waals surface area (Å²) in [5.74, 6) is -1.17. The van der Waals surface area contributed by atoms with E-state index in [1.54, 1.807) is 17.4 Å². The third kappa shape index (κ3) is 17.0. The molecular formula is C78H98N2O2S6. The van der Waals surface area contributed by atoms with Crippen molar-refractivity contribution in [3.63, 3.8) is 0 Å². The summed E-state index contributed by atoms with van der Waals surface area (Å²) in [5, 5.41) is 12.6. The van der Waals surface area contributed by atoms with Gasteiger partial charge >= 0.3 is 5.97 Å². The molecule has 9 aromatic rings. The molecule has 0 aliphatic rings. The fourth-order valence-electron chi connectivity index (χ4n) is 12.9. The van der Waals surface area contributed by atoms with E-state index in [0.717, 1.165) is 56.4 Å². The van der Waals surface area contributed by atoms with Crippen molar-refractivity contribution in [3.8, 4) is 59.2 Å². The van der Waals surface area contributed by atoms with E-state index in [0.29, 0.717) is 0 Å². The summed E-state index contributed by atoms with van der Waals surface area (Å²) in [4.78, 5) is 31.9. The van der Waals surface area contributed by atoms with Crippen molar-refractivity contribution in [2.45, 2.75) is 248 Å². The number of fused-ring (bicyclic) bond motifs is 3. The maximum absolute atomic E-state index is 12.1. The molecule has 88 heavy (non-hydrogen) atoms. The minimum atomic E-state index is -1.17. The van der Waals surface area contributed by atoms with Gasteiger partial charge in [0.2, 0.25) is 0 Å². The van der Waals surface area contributed by atoms with Crippen molar-refractivity contribution in [1.82, 2.24) is 4.57 Å². The summed E-state index contributed by atoms with van der Waals surface area (Å²) in [6, 6.07) is 31.5. The molecule has 0 unspecified atom stereocenters. The molecule has 0 saturated carbocycles. The van der Waals surface area contributed by atoms with Gasteiger partial charge in [0.1, 0.15) is 0 Å². The third-order valence-corrected chi connectivity index (χ3v) is 25.7. The molecule has 7 heterocycles. The van der Waals surface area contributed by atoms with Gasteiger partial charge in [-0.2, -0.15) is 0 Å². The number of carbonyl (C=O) groups is 1. The number of hydrogen-bond acceptors (Lipinski definition) is 7. The van der Waals surface area contributed by atoms with Crippen LogP contribution in [0, 0.1) is 6.57 Å². The van der Waals surface area contributed by atoms with Gasteiger partial charge in [-0.3, -0.25) is 4.79 Å². The van der Waals surface area contributed by atoms with Crippen LogP contribution >= 0.6 is 68.0 Å². The lowest BCUT2D eigenvalue weighted by molar-refractivity contribution is -0.132. The van der Waals surface area contributed by atoms with Gasteiger partial charge in [0, 0.05) is 86.9 Å². The Hall–Kier alpha value is -4.86. The maximum atomic E-state index is 12.1. The number of hydrogen-bond donors (Lipinski definition) is 1. The van der Waals surface area contributed by atoms with Crippen LogP contribution in [0.5, 0.6) is 0 Å². The lowest BCUT2D eigenvalue weighted by atomic mass is 10.0. The average Bonchev–Trinajstić information content (AvgIpc) is 2.86. The van der Waals surface area contributed by atoms with Gasteiger partial charge < -0.3 is 9.67 Å². The molecule has 0 bridgehead atoms. The van der Waals surface area contributed by atoms with Crippen LogP contribution in [-0.2, 0) is 49.9 Å². The SMILES string of the molecule is [C-]#[N+]/C(=C\c1cc(CCCCCC)c(-c2cc(CCCCCC)c(-c3cc(CCCCCC)c(-c4cc(CCCCCC)c(-c5cc(CCCCCC)c(-c6cc(CCCCCC)c(-c7ccc8c(c7)c7ccccc7n8CC)s6)s5)s4)s3)s2)s1)C(=O)O. The summed E-state index contributed by atoms with van der Waals surface area (Å²) < 4.78 is 2.48. The normalized spacial score (nSPS) is 12.0. The van der Waals surface area contributed by atoms with E-state index in [9.17, 15) is 9.90 Å². The predicted molar refractivity (Wildman–Crippen MR) is 394 cm³/mol. The lowest BCUT2D eigenvalue weighted by Gasteiger charge is -2.06. The quantitative estimate of drug-likeness (QED) is 0.0237. The highest BCUT2D eigenvalue weighted by atomic mass is 32.1. The van der Waals surface area contributed by atoms with Crippen LogP contribution in [0.2, 0.25) is 0 Å². The predicted octanol–water partition coefficient (Wildman–Crippen LogP) is 27.3. The first-order valence-corrected chi connectivity index (χ1v) is 39.2. The van der Waals surface area contributed by atoms with Gasteiger partial charge in [0.25, 0.3) is 5.70 Å². The zero-order valence-electron chi connectivity index (χ0n) is 54.2. The summed E-state index contributed by atoms with van der Waals surface area (Å²) in [6.45, 7) is 24.8. The molecule has 0 radical (unpaired) electrons. The number of aryl methyl sites for hydroxylation is 7. The van der Waals surface area contributed by atoms with Crippen molar-refractivity contribution in [2.24, 2.45) is 0 Å². The molecular weight excluding hydrogens is 1190 g/mol. The van der Waals surface area contributed by atoms with E-state index in [-0.39, 0.29) is 5.70 Å². The molecule has 0 aliphatic heterocycles. The van der Waals surface area contributed by atoms with Gasteiger partial charge in [0.15, 0.2) is 0 Å². The first-order chi connectivity index (χ1) is 43.1. The molecule has 2 aromatic carbocycles. The summed E-state index contributed by atoms with van der Waals surface area (Å²) >= 11 is 11.9. The van der Waals surface area contributed by atoms with E-state index in [2.05, 4.69) is 171 Å². The van der Waals surface area contributed by atoms with E-state index in [4.69, 9.17) is 6.57 Å². The zero-order chi connectivity index (χ0) is 61.8. The number of rotatable bonds is 39. The van der Waals surface area contributed by atoms with Gasteiger partial charge in [-0.1, -0.05) is 181 Å². The molecule has 0 spiro atoms. The van der Waals surface area contributed by atoms with E-state index >= 15 is 0 Å². The Morgan fingerprint density at radius 1 is 0.409 bits per heavy atom. The number of unbranched alkanes of at least 4 members (excludes halogenated alkanes) is 18. The van der Waals surface area contributed by atoms with Crippen molar-refractivity contribution in [2.75, 3.05) is 0 Å². The minimum Gasteiger partial charge on any atom is -0.486 e. The molecule has 0 amide bonds. The molecule has 0 saturated heterocycles. The molecule has 468 valence electrons. The van der Waals surface area contributed by atoms with Crippen LogP contribution in [-0.4, -0.2) is 15.6 Å². The Labute approximate surface area is 553 Å². The van der Waals surface area contributed by atoms with Crippen molar-refractivity contribution in [1.29, 1.82) is 0 Å². The van der Waals surface area contributed by atoms with Gasteiger partial charge in [-0.05, 0) is 184 Å². The van der Waals surface area contributed by atoms with Crippen molar-refractivity contribution in [3.05, 3.63) is 134 Å². The van der Waals surface area contributed by atoms with E-state index in [1.807, 2.05) is 22.7 Å². The lowest BCUT2D eigenvalue weighted by Crippen LogP contribution is -1.94. The second-order valence-electron chi connectivity index (χ2n) is 24.6. The molecule has 1 N–H and O–H groups in total. The smallest absolute Gasteiger partial charge is 0.333 e. The molecule has 7 aromatic heterocycles. The highest BCUT2D eigenvalue weighted by Gasteiger charge is 2.26. The number of aliphatic carboxylic acids is 1. The Bertz CT molecular complexity index is 3740. The van der Waals surface area contributed by atoms with Crippen molar-refractivity contribution >= 4 is 102 Å². The number of carboxylic acids is 1. The molecule has 9 rings (SSSR count). The number of para-hydroxylation sites is 1. The molecule has 0 atom stereocenters. The van der Waals surface area contributed by atoms with Gasteiger partial charge in [-0.15, -0.1) is 68.0 Å². The number of aromatic nitrogens is 1. The highest BCUT2D eigenvalue weighted by Crippen LogP contribution is 2.53. The topological polar surface area (TPSA) is 46.6 Å². The first-order valence-electron chi connectivity index (χ1n) is 34.3. The molecule has 4 nitrogen and oxygen atoms in total. The average molecular weight is 1290 g/mol. The number of thiophene rings is 6. The monoisotopic (exact) mass is 1290 g/mol. The van der Waals surface area contributed by atoms with Crippen LogP contribution in [0.3, 0.4) is 0 Å². The molecule has 0 aliphatic carbocycles. The number of benzene rings is 2. The Morgan fingerprint density at radius 3 is 1.11 bits per heavy atom. The van der Waals surface area contributed by atoms with E-state index in [1.165, 1.54) is 262 Å². The standard InChI is InChI=1S/C78H98N2O2S6/c1-9-16-22-28-36-54-46-61(53-64(79-8)78(81)82)83-73(54)67-49-56(38-30-24-18-11-3)75(85-67)69-51-58(40-32-26-20-13-5)77(87-69)71-52-59(41-33-27-21-14-6)76(88-71)70-50-57(39-31-25-19-12-4)74(86-70)68-48-55(37-29-23-17-10-2)72(84-68)60-44-45-66-63(47-60)62-42-34-35-43-65(62)80(66)15-7/h34-35,42-53H,9-33,36-41H2,1-7H3,(H,81,82)/b64-53-. The van der Waals surface area contributed by atoms with Crippen LogP contribution in [0.25, 0.3) is 91.9 Å². The second kappa shape index (κ2) is 34.5. The number of carboxylic acid groups (broad SMARTS) is 1. The van der Waals surface area contributed by atoms with Crippen molar-refractivity contribution < 1.29 is 9.90 Å². The zero-order valence-corrected chi connectivity index (χ0v) is 59.1. The van der Waals surface area contributed by atoms with Gasteiger partial charge in [0.05, 0.1) is 6.57 Å². The Kier molecular flexibility index (Phi) is 26.5. The van der Waals surface area contributed by atoms with Crippen LogP contribution in [0.1, 0.15) is 241 Å². The van der Waals surface area contributed by atoms with Crippen LogP contribution in [0.4, 0.5) is 0 Å². The minimum absolute atomic E-state index is 0.227. The van der Waals surface area contributed by atoms with Crippen LogP contribution < -0.4 is 0 Å². The van der Waals surface area contributed by atoms with E-state index < -0.39 is 5.97 Å². The first kappa shape index (κ1) is 67.5. The second-order valence-corrected chi connectivity index (χ2v) is 31.0. The largest absolute Gasteiger partial charge is 0.486 e. The maximum Gasteiger partial charge on any atom is 0.333 e. The summed E-state index contributed by atoms with van der Waals surface area (Å²) in [6.07, 6.45) is 37.5. The third-order valence-electron chi connectivity index (χ3n) is 17.8. The fraction of sp³-hybridized carbons (Fsp3) is 0.487. The van der Waals surface area contributed by atoms with Crippen LogP contribution in [0.15, 0.2) is 84.6 Å². The summed E-state index contributed by atoms with van der Waals surface area (Å²) in [5.41, 5.74) is 12.6. The summed E-state index contributed by atoms with van der Waals surface area (Å²) in [7, 11) is 0. The highest BCUT2D eigenvalue weighted by molar-refractivity contribution is 7.31. The Morgan fingerprint density at radius 2 is 0.750 bits per heavy atom. The number of nitrogens with zero attached hydrogens (tertiary/aromatic N) is 2.